The zero-order chi connectivity index (χ0) is 16.6. The molecule has 4 heteroatoms. The second-order valence-electron chi connectivity index (χ2n) is 6.08. The minimum Gasteiger partial charge on any atom is -0.491 e. The summed E-state index contributed by atoms with van der Waals surface area (Å²) in [4.78, 5) is 12.7. The van der Waals surface area contributed by atoms with E-state index in [1.165, 1.54) is 0 Å². The summed E-state index contributed by atoms with van der Waals surface area (Å²) in [5.74, 6) is 1.58. The predicted octanol–water partition coefficient (Wildman–Crippen LogP) is 4.99. The molecule has 0 atom stereocenters. The molecule has 0 aliphatic rings. The Kier molecular flexibility index (Phi) is 4.26. The van der Waals surface area contributed by atoms with Crippen molar-refractivity contribution >= 4 is 31.5 Å². The first-order valence-corrected chi connectivity index (χ1v) is 8.59. The van der Waals surface area contributed by atoms with E-state index in [1.807, 2.05) is 64.1 Å². The molecule has 1 heterocycles. The van der Waals surface area contributed by atoms with Crippen LogP contribution in [0.25, 0.3) is 20.2 Å². The van der Waals surface area contributed by atoms with E-state index in [0.717, 1.165) is 31.7 Å². The van der Waals surface area contributed by atoms with E-state index in [9.17, 15) is 4.79 Å². The summed E-state index contributed by atoms with van der Waals surface area (Å²) in [7, 11) is 0. The van der Waals surface area contributed by atoms with Crippen molar-refractivity contribution in [2.45, 2.75) is 39.9 Å². The van der Waals surface area contributed by atoms with E-state index >= 15 is 0 Å². The lowest BCUT2D eigenvalue weighted by Crippen LogP contribution is -2.07. The molecule has 0 unspecified atom stereocenters. The van der Waals surface area contributed by atoms with Gasteiger partial charge in [0, 0.05) is 20.2 Å². The Balaban J connectivity index is 2.17. The van der Waals surface area contributed by atoms with Gasteiger partial charge in [0.25, 0.3) is 0 Å². The molecule has 2 aromatic carbocycles. The molecular formula is C19H20O3S. The van der Waals surface area contributed by atoms with Crippen LogP contribution in [0.3, 0.4) is 0 Å². The van der Waals surface area contributed by atoms with Gasteiger partial charge in [-0.3, -0.25) is 4.79 Å². The normalized spacial score (nSPS) is 11.6. The van der Waals surface area contributed by atoms with Gasteiger partial charge in [-0.2, -0.15) is 0 Å². The van der Waals surface area contributed by atoms with Gasteiger partial charge in [0.1, 0.15) is 11.5 Å². The van der Waals surface area contributed by atoms with Crippen LogP contribution in [0.5, 0.6) is 11.5 Å². The number of benzene rings is 2. The summed E-state index contributed by atoms with van der Waals surface area (Å²) in [5.41, 5.74) is 0.0564. The van der Waals surface area contributed by atoms with Crippen molar-refractivity contribution in [2.24, 2.45) is 0 Å². The molecular weight excluding hydrogens is 308 g/mol. The molecule has 23 heavy (non-hydrogen) atoms. The summed E-state index contributed by atoms with van der Waals surface area (Å²) in [6.07, 6.45) is 0.214. The number of ether oxygens (including phenoxy) is 2. The molecule has 0 aliphatic heterocycles. The fraction of sp³-hybridized carbons (Fsp3) is 0.316. The molecule has 0 saturated heterocycles. The average Bonchev–Trinajstić information content (AvgIpc) is 2.45. The van der Waals surface area contributed by atoms with Gasteiger partial charge in [-0.25, -0.2) is 0 Å². The van der Waals surface area contributed by atoms with E-state index in [2.05, 4.69) is 0 Å². The standard InChI is InChI=1S/C19H20O3S/c1-11(2)21-13-5-7-15-17(9-13)23-18-10-14(22-12(3)4)6-8-16(18)19(15)20/h5-12H,1-4H3. The van der Waals surface area contributed by atoms with Crippen molar-refractivity contribution in [3.63, 3.8) is 0 Å². The Labute approximate surface area is 139 Å². The minimum absolute atomic E-state index is 0.0564. The first kappa shape index (κ1) is 15.8. The Hall–Kier alpha value is -2.07. The SMILES string of the molecule is CC(C)Oc1ccc2c(=O)c3ccc(OC(C)C)cc3sc2c1. The van der Waals surface area contributed by atoms with Crippen molar-refractivity contribution < 1.29 is 9.47 Å². The Bertz CT molecular complexity index is 839. The summed E-state index contributed by atoms with van der Waals surface area (Å²) >= 11 is 1.59. The summed E-state index contributed by atoms with van der Waals surface area (Å²) in [5, 5.41) is 1.47. The highest BCUT2D eigenvalue weighted by Gasteiger charge is 2.09. The zero-order valence-corrected chi connectivity index (χ0v) is 14.6. The van der Waals surface area contributed by atoms with Crippen LogP contribution in [0.15, 0.2) is 41.2 Å². The number of hydrogen-bond donors (Lipinski definition) is 0. The molecule has 0 spiro atoms. The van der Waals surface area contributed by atoms with Crippen molar-refractivity contribution in [3.05, 3.63) is 46.6 Å². The van der Waals surface area contributed by atoms with Gasteiger partial charge in [-0.05, 0) is 64.1 Å². The molecule has 0 fully saturated rings. The third kappa shape index (κ3) is 3.32. The van der Waals surface area contributed by atoms with Crippen LogP contribution < -0.4 is 14.9 Å². The monoisotopic (exact) mass is 328 g/mol. The van der Waals surface area contributed by atoms with Crippen LogP contribution in [0.4, 0.5) is 0 Å². The molecule has 3 rings (SSSR count). The molecule has 3 nitrogen and oxygen atoms in total. The molecule has 0 aliphatic carbocycles. The van der Waals surface area contributed by atoms with Crippen molar-refractivity contribution in [3.8, 4) is 11.5 Å². The van der Waals surface area contributed by atoms with E-state index in [-0.39, 0.29) is 17.6 Å². The number of hydrogen-bond acceptors (Lipinski definition) is 4. The number of fused-ring (bicyclic) bond motifs is 2. The van der Waals surface area contributed by atoms with Crippen LogP contribution in [0, 0.1) is 0 Å². The second-order valence-corrected chi connectivity index (χ2v) is 7.16. The Morgan fingerprint density at radius 3 is 1.61 bits per heavy atom. The zero-order valence-electron chi connectivity index (χ0n) is 13.8. The Morgan fingerprint density at radius 1 is 0.783 bits per heavy atom. The fourth-order valence-electron chi connectivity index (χ4n) is 2.50. The molecule has 120 valence electrons. The molecule has 0 N–H and O–H groups in total. The van der Waals surface area contributed by atoms with Gasteiger partial charge < -0.3 is 9.47 Å². The van der Waals surface area contributed by atoms with Gasteiger partial charge in [0.2, 0.25) is 0 Å². The molecule has 0 saturated carbocycles. The highest BCUT2D eigenvalue weighted by Crippen LogP contribution is 2.30. The maximum Gasteiger partial charge on any atom is 0.195 e. The van der Waals surface area contributed by atoms with Gasteiger partial charge in [-0.15, -0.1) is 11.3 Å². The van der Waals surface area contributed by atoms with Crippen LogP contribution >= 0.6 is 11.3 Å². The molecule has 0 bridgehead atoms. The van der Waals surface area contributed by atoms with Gasteiger partial charge >= 0.3 is 0 Å². The largest absolute Gasteiger partial charge is 0.491 e. The molecule has 0 radical (unpaired) electrons. The van der Waals surface area contributed by atoms with Crippen molar-refractivity contribution in [1.29, 1.82) is 0 Å². The molecule has 1 aromatic heterocycles. The first-order chi connectivity index (χ1) is 10.9. The lowest BCUT2D eigenvalue weighted by atomic mass is 10.1. The molecule has 0 amide bonds. The third-order valence-electron chi connectivity index (χ3n) is 3.36. The predicted molar refractivity (Wildman–Crippen MR) is 97.1 cm³/mol. The van der Waals surface area contributed by atoms with Crippen LogP contribution in [-0.4, -0.2) is 12.2 Å². The van der Waals surface area contributed by atoms with Crippen molar-refractivity contribution in [2.75, 3.05) is 0 Å². The highest BCUT2D eigenvalue weighted by atomic mass is 32.1. The third-order valence-corrected chi connectivity index (χ3v) is 4.47. The summed E-state index contributed by atoms with van der Waals surface area (Å²) in [6, 6.07) is 11.3. The van der Waals surface area contributed by atoms with E-state index in [0.29, 0.717) is 0 Å². The van der Waals surface area contributed by atoms with Gasteiger partial charge in [0.15, 0.2) is 5.43 Å². The Morgan fingerprint density at radius 2 is 1.22 bits per heavy atom. The van der Waals surface area contributed by atoms with E-state index < -0.39 is 0 Å². The maximum atomic E-state index is 12.7. The van der Waals surface area contributed by atoms with Crippen molar-refractivity contribution in [1.82, 2.24) is 0 Å². The average molecular weight is 328 g/mol. The highest BCUT2D eigenvalue weighted by molar-refractivity contribution is 7.24. The lowest BCUT2D eigenvalue weighted by molar-refractivity contribution is 0.242. The molecule has 3 aromatic rings. The van der Waals surface area contributed by atoms with Crippen LogP contribution in [0.2, 0.25) is 0 Å². The van der Waals surface area contributed by atoms with Crippen LogP contribution in [0.1, 0.15) is 27.7 Å². The maximum absolute atomic E-state index is 12.7. The number of rotatable bonds is 4. The van der Waals surface area contributed by atoms with Crippen LogP contribution in [-0.2, 0) is 0 Å². The lowest BCUT2D eigenvalue weighted by Gasteiger charge is -2.11. The first-order valence-electron chi connectivity index (χ1n) is 7.78. The quantitative estimate of drug-likeness (QED) is 0.633. The smallest absolute Gasteiger partial charge is 0.195 e. The second kappa shape index (κ2) is 6.20. The van der Waals surface area contributed by atoms with E-state index in [4.69, 9.17) is 9.47 Å². The fourth-order valence-corrected chi connectivity index (χ4v) is 3.63. The van der Waals surface area contributed by atoms with E-state index in [1.54, 1.807) is 11.3 Å². The minimum atomic E-state index is 0.0564. The summed E-state index contributed by atoms with van der Waals surface area (Å²) < 4.78 is 13.3. The van der Waals surface area contributed by atoms with Gasteiger partial charge in [0.05, 0.1) is 12.2 Å². The summed E-state index contributed by atoms with van der Waals surface area (Å²) in [6.45, 7) is 7.95. The van der Waals surface area contributed by atoms with Gasteiger partial charge in [-0.1, -0.05) is 0 Å². The topological polar surface area (TPSA) is 35.5 Å².